The van der Waals surface area contributed by atoms with E-state index >= 15 is 0 Å². The van der Waals surface area contributed by atoms with E-state index in [2.05, 4.69) is 21.4 Å². The molecule has 3 aromatic rings. The summed E-state index contributed by atoms with van der Waals surface area (Å²) in [6, 6.07) is 7.86. The molecule has 0 aliphatic carbocycles. The lowest BCUT2D eigenvalue weighted by atomic mass is 10.0. The Kier molecular flexibility index (Phi) is 7.23. The molecule has 0 fully saturated rings. The molecule has 2 amide bonds. The maximum Gasteiger partial charge on any atom is 0.410 e. The van der Waals surface area contributed by atoms with Gasteiger partial charge in [0.1, 0.15) is 17.7 Å². The third-order valence-electron chi connectivity index (χ3n) is 5.70. The molecule has 10 heteroatoms. The minimum absolute atomic E-state index is 0.0437. The average molecular weight is 479 g/mol. The molecule has 1 atom stereocenters. The van der Waals surface area contributed by atoms with Gasteiger partial charge >= 0.3 is 6.09 Å². The summed E-state index contributed by atoms with van der Waals surface area (Å²) in [5.74, 6) is -0.211. The number of nitrogens with zero attached hydrogens (tertiary/aromatic N) is 5. The third kappa shape index (κ3) is 5.43. The molecule has 0 radical (unpaired) electrons. The Labute approximate surface area is 202 Å². The molecule has 9 nitrogen and oxygen atoms in total. The van der Waals surface area contributed by atoms with E-state index in [0.717, 1.165) is 21.8 Å². The number of aryl methyl sites for hydroxylation is 1. The van der Waals surface area contributed by atoms with Crippen molar-refractivity contribution in [2.45, 2.75) is 45.7 Å². The molecule has 4 rings (SSSR count). The first-order chi connectivity index (χ1) is 16.4. The van der Waals surface area contributed by atoms with Crippen LogP contribution in [0.2, 0.25) is 0 Å². The van der Waals surface area contributed by atoms with Crippen LogP contribution in [-0.2, 0) is 29.0 Å². The highest BCUT2D eigenvalue weighted by Gasteiger charge is 2.28. The minimum Gasteiger partial charge on any atom is -0.448 e. The van der Waals surface area contributed by atoms with E-state index < -0.39 is 0 Å². The molecule has 0 bridgehead atoms. The fourth-order valence-electron chi connectivity index (χ4n) is 3.92. The van der Waals surface area contributed by atoms with Crippen molar-refractivity contribution < 1.29 is 14.3 Å². The molecule has 34 heavy (non-hydrogen) atoms. The normalized spacial score (nSPS) is 13.6. The topological polar surface area (TPSA) is 113 Å². The number of aromatic nitrogens is 3. The van der Waals surface area contributed by atoms with Crippen LogP contribution in [-0.4, -0.2) is 44.6 Å². The van der Waals surface area contributed by atoms with E-state index in [4.69, 9.17) is 4.74 Å². The Bertz CT molecular complexity index is 1210. The van der Waals surface area contributed by atoms with Crippen molar-refractivity contribution in [1.29, 1.82) is 5.26 Å². The standard InChI is InChI=1S/C24H26N6O3S/c1-16(20-5-3-4-7-26-20)11-22(31)28-23-19(12-25)18-6-8-30(14-21(18)34-23)24(32)33-10-9-29-13-17(2)27-15-29/h3-5,7,13,15-16H,6,8-11,14H2,1-2H3,(H,28,31). The number of nitriles is 1. The number of rotatable bonds is 7. The zero-order chi connectivity index (χ0) is 24.1. The summed E-state index contributed by atoms with van der Waals surface area (Å²) in [6.07, 6.45) is 5.73. The molecule has 0 saturated carbocycles. The number of imidazole rings is 1. The summed E-state index contributed by atoms with van der Waals surface area (Å²) in [7, 11) is 0. The molecule has 0 aromatic carbocycles. The second-order valence-electron chi connectivity index (χ2n) is 8.27. The van der Waals surface area contributed by atoms with Gasteiger partial charge in [0.05, 0.1) is 30.7 Å². The summed E-state index contributed by atoms with van der Waals surface area (Å²) in [5.41, 5.74) is 3.15. The number of ether oxygens (including phenoxy) is 1. The first-order valence-corrected chi connectivity index (χ1v) is 11.9. The van der Waals surface area contributed by atoms with Crippen molar-refractivity contribution in [3.05, 3.63) is 64.3 Å². The lowest BCUT2D eigenvalue weighted by Crippen LogP contribution is -2.36. The van der Waals surface area contributed by atoms with Gasteiger partial charge in [0, 0.05) is 41.8 Å². The maximum atomic E-state index is 12.7. The summed E-state index contributed by atoms with van der Waals surface area (Å²) in [5, 5.41) is 13.2. The van der Waals surface area contributed by atoms with E-state index in [0.29, 0.717) is 36.6 Å². The molecule has 1 unspecified atom stereocenters. The van der Waals surface area contributed by atoms with Gasteiger partial charge in [-0.15, -0.1) is 11.3 Å². The van der Waals surface area contributed by atoms with Gasteiger partial charge in [-0.2, -0.15) is 5.26 Å². The SMILES string of the molecule is Cc1cn(CCOC(=O)N2CCc3c(sc(NC(=O)CC(C)c4ccccn4)c3C#N)C2)cn1. The molecule has 0 saturated heterocycles. The predicted molar refractivity (Wildman–Crippen MR) is 127 cm³/mol. The van der Waals surface area contributed by atoms with Gasteiger partial charge in [-0.25, -0.2) is 9.78 Å². The number of pyridine rings is 1. The lowest BCUT2D eigenvalue weighted by Gasteiger charge is -2.26. The van der Waals surface area contributed by atoms with E-state index in [1.807, 2.05) is 42.8 Å². The summed E-state index contributed by atoms with van der Waals surface area (Å²) >= 11 is 1.35. The van der Waals surface area contributed by atoms with Gasteiger partial charge in [-0.1, -0.05) is 13.0 Å². The second-order valence-corrected chi connectivity index (χ2v) is 9.37. The number of hydrogen-bond donors (Lipinski definition) is 1. The van der Waals surface area contributed by atoms with Crippen LogP contribution in [0.25, 0.3) is 0 Å². The van der Waals surface area contributed by atoms with Crippen LogP contribution >= 0.6 is 11.3 Å². The number of amides is 2. The van der Waals surface area contributed by atoms with Crippen LogP contribution < -0.4 is 5.32 Å². The number of thiophene rings is 1. The lowest BCUT2D eigenvalue weighted by molar-refractivity contribution is -0.116. The quantitative estimate of drug-likeness (QED) is 0.552. The highest BCUT2D eigenvalue weighted by Crippen LogP contribution is 2.37. The van der Waals surface area contributed by atoms with Crippen LogP contribution in [0, 0.1) is 18.3 Å². The Morgan fingerprint density at radius 1 is 1.35 bits per heavy atom. The van der Waals surface area contributed by atoms with Crippen LogP contribution in [0.1, 0.15) is 46.7 Å². The molecule has 1 N–H and O–H groups in total. The third-order valence-corrected chi connectivity index (χ3v) is 6.83. The second kappa shape index (κ2) is 10.5. The zero-order valence-electron chi connectivity index (χ0n) is 19.2. The number of anilines is 1. The monoisotopic (exact) mass is 478 g/mol. The minimum atomic E-state index is -0.385. The highest BCUT2D eigenvalue weighted by atomic mass is 32.1. The van der Waals surface area contributed by atoms with Gasteiger partial charge in [-0.05, 0) is 31.0 Å². The molecule has 0 spiro atoms. The average Bonchev–Trinajstić information content (AvgIpc) is 3.40. The Morgan fingerprint density at radius 3 is 2.91 bits per heavy atom. The first kappa shape index (κ1) is 23.4. The van der Waals surface area contributed by atoms with Gasteiger partial charge < -0.3 is 19.5 Å². The Balaban J connectivity index is 1.35. The smallest absolute Gasteiger partial charge is 0.410 e. The van der Waals surface area contributed by atoms with Crippen molar-refractivity contribution >= 4 is 28.3 Å². The molecule has 1 aliphatic heterocycles. The van der Waals surface area contributed by atoms with Crippen molar-refractivity contribution in [1.82, 2.24) is 19.4 Å². The van der Waals surface area contributed by atoms with Crippen molar-refractivity contribution in [2.24, 2.45) is 0 Å². The molecule has 4 heterocycles. The molecule has 1 aliphatic rings. The number of nitrogens with one attached hydrogen (secondary N) is 1. The predicted octanol–water partition coefficient (Wildman–Crippen LogP) is 3.85. The highest BCUT2D eigenvalue weighted by molar-refractivity contribution is 7.16. The van der Waals surface area contributed by atoms with Crippen molar-refractivity contribution in [2.75, 3.05) is 18.5 Å². The van der Waals surface area contributed by atoms with Crippen LogP contribution in [0.4, 0.5) is 9.80 Å². The van der Waals surface area contributed by atoms with Gasteiger partial charge in [0.2, 0.25) is 5.91 Å². The molecular weight excluding hydrogens is 452 g/mol. The number of hydrogen-bond acceptors (Lipinski definition) is 7. The van der Waals surface area contributed by atoms with E-state index in [1.165, 1.54) is 11.3 Å². The van der Waals surface area contributed by atoms with Crippen molar-refractivity contribution in [3.8, 4) is 6.07 Å². The van der Waals surface area contributed by atoms with E-state index in [-0.39, 0.29) is 30.9 Å². The summed E-state index contributed by atoms with van der Waals surface area (Å²) in [6.45, 7) is 5.47. The van der Waals surface area contributed by atoms with Gasteiger partial charge in [-0.3, -0.25) is 9.78 Å². The molecular formula is C24H26N6O3S. The van der Waals surface area contributed by atoms with Crippen molar-refractivity contribution in [3.63, 3.8) is 0 Å². The van der Waals surface area contributed by atoms with E-state index in [1.54, 1.807) is 17.4 Å². The summed E-state index contributed by atoms with van der Waals surface area (Å²) in [4.78, 5) is 36.2. The largest absolute Gasteiger partial charge is 0.448 e. The molecule has 176 valence electrons. The fourth-order valence-corrected chi connectivity index (χ4v) is 5.15. The Hall–Kier alpha value is -3.71. The number of fused-ring (bicyclic) bond motifs is 1. The van der Waals surface area contributed by atoms with Crippen LogP contribution in [0.15, 0.2) is 36.9 Å². The van der Waals surface area contributed by atoms with Gasteiger partial charge in [0.15, 0.2) is 0 Å². The Morgan fingerprint density at radius 2 is 2.21 bits per heavy atom. The van der Waals surface area contributed by atoms with Crippen LogP contribution in [0.5, 0.6) is 0 Å². The molecule has 3 aromatic heterocycles. The van der Waals surface area contributed by atoms with Gasteiger partial charge in [0.25, 0.3) is 0 Å². The maximum absolute atomic E-state index is 12.7. The van der Waals surface area contributed by atoms with Crippen LogP contribution in [0.3, 0.4) is 0 Å². The van der Waals surface area contributed by atoms with E-state index in [9.17, 15) is 14.9 Å². The fraction of sp³-hybridized carbons (Fsp3) is 0.375. The first-order valence-electron chi connectivity index (χ1n) is 11.1. The number of carbonyl (C=O) groups excluding carboxylic acids is 2. The zero-order valence-corrected chi connectivity index (χ0v) is 20.0. The number of carbonyl (C=O) groups is 2. The summed E-state index contributed by atoms with van der Waals surface area (Å²) < 4.78 is 7.30.